The molecule has 0 saturated heterocycles. The summed E-state index contributed by atoms with van der Waals surface area (Å²) in [5.41, 5.74) is 3.91. The predicted molar refractivity (Wildman–Crippen MR) is 96.4 cm³/mol. The molecule has 23 heavy (non-hydrogen) atoms. The van der Waals surface area contributed by atoms with Gasteiger partial charge in [-0.1, -0.05) is 29.8 Å². The summed E-state index contributed by atoms with van der Waals surface area (Å²) < 4.78 is 2.22. The van der Waals surface area contributed by atoms with Crippen molar-refractivity contribution in [2.75, 3.05) is 6.54 Å². The topological polar surface area (TPSA) is 34.0 Å². The van der Waals surface area contributed by atoms with E-state index in [9.17, 15) is 4.79 Å². The Morgan fingerprint density at radius 1 is 1.22 bits per heavy atom. The molecular formula is C19H25ClN2O. The first kappa shape index (κ1) is 17.8. The fraction of sp³-hybridized carbons (Fsp3) is 0.421. The number of ketones is 1. The lowest BCUT2D eigenvalue weighted by Crippen LogP contribution is -2.26. The number of halogens is 1. The first-order chi connectivity index (χ1) is 10.7. The maximum absolute atomic E-state index is 12.5. The smallest absolute Gasteiger partial charge is 0.178 e. The zero-order chi connectivity index (χ0) is 17.2. The molecule has 4 heteroatoms. The second-order valence-corrected chi connectivity index (χ2v) is 7.32. The highest BCUT2D eigenvalue weighted by atomic mass is 35.5. The molecule has 2 aromatic rings. The Morgan fingerprint density at radius 2 is 1.87 bits per heavy atom. The highest BCUT2D eigenvalue weighted by Crippen LogP contribution is 2.24. The van der Waals surface area contributed by atoms with E-state index in [4.69, 9.17) is 11.6 Å². The second kappa shape index (κ2) is 6.90. The van der Waals surface area contributed by atoms with Crippen molar-refractivity contribution in [2.45, 2.75) is 46.7 Å². The van der Waals surface area contributed by atoms with Crippen molar-refractivity contribution < 1.29 is 4.79 Å². The van der Waals surface area contributed by atoms with Gasteiger partial charge in [-0.3, -0.25) is 4.79 Å². The maximum atomic E-state index is 12.5. The van der Waals surface area contributed by atoms with Crippen molar-refractivity contribution in [1.29, 1.82) is 0 Å². The molecule has 0 saturated carbocycles. The minimum Gasteiger partial charge on any atom is -0.343 e. The number of Topliss-reactive ketones (excluding diaryl/α,β-unsaturated/α-hetero) is 1. The SMILES string of the molecule is Cc1cc(C(=O)CNCc2ccccc2Cl)c(C)n1C(C)(C)C. The van der Waals surface area contributed by atoms with Gasteiger partial charge in [0.25, 0.3) is 0 Å². The lowest BCUT2D eigenvalue weighted by atomic mass is 10.1. The Hall–Kier alpha value is -1.58. The van der Waals surface area contributed by atoms with Crippen LogP contribution in [0.15, 0.2) is 30.3 Å². The minimum absolute atomic E-state index is 0.0301. The molecule has 3 nitrogen and oxygen atoms in total. The number of nitrogens with one attached hydrogen (secondary N) is 1. The molecule has 0 bridgehead atoms. The van der Waals surface area contributed by atoms with Gasteiger partial charge in [-0.15, -0.1) is 0 Å². The largest absolute Gasteiger partial charge is 0.343 e. The minimum atomic E-state index is -0.0301. The van der Waals surface area contributed by atoms with Crippen molar-refractivity contribution in [3.8, 4) is 0 Å². The van der Waals surface area contributed by atoms with Gasteiger partial charge in [0.2, 0.25) is 0 Å². The van der Waals surface area contributed by atoms with Crippen molar-refractivity contribution >= 4 is 17.4 Å². The lowest BCUT2D eigenvalue weighted by Gasteiger charge is -2.25. The number of nitrogens with zero attached hydrogens (tertiary/aromatic N) is 1. The van der Waals surface area contributed by atoms with Crippen LogP contribution in [0.25, 0.3) is 0 Å². The van der Waals surface area contributed by atoms with Gasteiger partial charge in [0.1, 0.15) is 0 Å². The fourth-order valence-corrected chi connectivity index (χ4v) is 3.33. The van der Waals surface area contributed by atoms with Crippen molar-refractivity contribution in [3.05, 3.63) is 57.9 Å². The third kappa shape index (κ3) is 4.04. The molecule has 0 amide bonds. The number of hydrogen-bond acceptors (Lipinski definition) is 2. The number of carbonyl (C=O) groups is 1. The van der Waals surface area contributed by atoms with E-state index in [2.05, 4.69) is 30.7 Å². The Balaban J connectivity index is 2.06. The van der Waals surface area contributed by atoms with Crippen LogP contribution in [0.4, 0.5) is 0 Å². The third-order valence-corrected chi connectivity index (χ3v) is 4.33. The van der Waals surface area contributed by atoms with E-state index in [-0.39, 0.29) is 11.3 Å². The van der Waals surface area contributed by atoms with Crippen LogP contribution in [0.1, 0.15) is 48.1 Å². The van der Waals surface area contributed by atoms with Crippen molar-refractivity contribution in [3.63, 3.8) is 0 Å². The summed E-state index contributed by atoms with van der Waals surface area (Å²) in [7, 11) is 0. The molecule has 1 heterocycles. The molecule has 0 aliphatic rings. The number of aryl methyl sites for hydroxylation is 1. The maximum Gasteiger partial charge on any atom is 0.178 e. The molecule has 0 radical (unpaired) electrons. The average Bonchev–Trinajstić information content (AvgIpc) is 2.75. The van der Waals surface area contributed by atoms with E-state index in [1.54, 1.807) is 0 Å². The van der Waals surface area contributed by atoms with Gasteiger partial charge in [0.05, 0.1) is 6.54 Å². The molecule has 2 rings (SSSR count). The number of aromatic nitrogens is 1. The zero-order valence-electron chi connectivity index (χ0n) is 14.5. The zero-order valence-corrected chi connectivity index (χ0v) is 15.3. The highest BCUT2D eigenvalue weighted by Gasteiger charge is 2.22. The fourth-order valence-electron chi connectivity index (χ4n) is 3.12. The van der Waals surface area contributed by atoms with Gasteiger partial charge < -0.3 is 9.88 Å². The summed E-state index contributed by atoms with van der Waals surface area (Å²) in [6, 6.07) is 9.66. The summed E-state index contributed by atoms with van der Waals surface area (Å²) in [6.45, 7) is 11.4. The van der Waals surface area contributed by atoms with E-state index in [1.807, 2.05) is 44.2 Å². The normalized spacial score (nSPS) is 11.7. The summed E-state index contributed by atoms with van der Waals surface area (Å²) in [4.78, 5) is 12.5. The summed E-state index contributed by atoms with van der Waals surface area (Å²) in [5, 5.41) is 3.91. The molecule has 0 aliphatic carbocycles. The summed E-state index contributed by atoms with van der Waals surface area (Å²) in [5.74, 6) is 0.112. The van der Waals surface area contributed by atoms with E-state index in [0.717, 1.165) is 27.5 Å². The van der Waals surface area contributed by atoms with Crippen LogP contribution in [0.3, 0.4) is 0 Å². The molecule has 1 aromatic heterocycles. The Labute approximate surface area is 143 Å². The van der Waals surface area contributed by atoms with Gasteiger partial charge in [-0.25, -0.2) is 0 Å². The highest BCUT2D eigenvalue weighted by molar-refractivity contribution is 6.31. The van der Waals surface area contributed by atoms with Crippen LogP contribution >= 0.6 is 11.6 Å². The summed E-state index contributed by atoms with van der Waals surface area (Å²) in [6.07, 6.45) is 0. The molecule has 0 fully saturated rings. The molecular weight excluding hydrogens is 308 g/mol. The van der Waals surface area contributed by atoms with Crippen LogP contribution < -0.4 is 5.32 Å². The van der Waals surface area contributed by atoms with Crippen LogP contribution in [0.5, 0.6) is 0 Å². The van der Waals surface area contributed by atoms with Gasteiger partial charge in [0.15, 0.2) is 5.78 Å². The van der Waals surface area contributed by atoms with Crippen LogP contribution in [0, 0.1) is 13.8 Å². The standard InChI is InChI=1S/C19H25ClN2O/c1-13-10-16(14(2)22(13)19(3,4)5)18(23)12-21-11-15-8-6-7-9-17(15)20/h6-10,21H,11-12H2,1-5H3. The third-order valence-electron chi connectivity index (χ3n) is 3.96. The van der Waals surface area contributed by atoms with E-state index in [1.165, 1.54) is 0 Å². The molecule has 0 aliphatic heterocycles. The van der Waals surface area contributed by atoms with E-state index in [0.29, 0.717) is 13.1 Å². The Morgan fingerprint density at radius 3 is 2.43 bits per heavy atom. The molecule has 0 spiro atoms. The number of rotatable bonds is 5. The monoisotopic (exact) mass is 332 g/mol. The van der Waals surface area contributed by atoms with E-state index < -0.39 is 0 Å². The molecule has 1 aromatic carbocycles. The Kier molecular flexibility index (Phi) is 5.33. The molecule has 0 atom stereocenters. The number of hydrogen-bond donors (Lipinski definition) is 1. The first-order valence-corrected chi connectivity index (χ1v) is 8.26. The quantitative estimate of drug-likeness (QED) is 0.819. The number of carbonyl (C=O) groups excluding carboxylic acids is 1. The summed E-state index contributed by atoms with van der Waals surface area (Å²) >= 11 is 6.13. The number of benzene rings is 1. The van der Waals surface area contributed by atoms with Crippen LogP contribution in [-0.2, 0) is 12.1 Å². The van der Waals surface area contributed by atoms with Crippen LogP contribution in [-0.4, -0.2) is 16.9 Å². The van der Waals surface area contributed by atoms with Gasteiger partial charge >= 0.3 is 0 Å². The van der Waals surface area contributed by atoms with Crippen molar-refractivity contribution in [2.24, 2.45) is 0 Å². The van der Waals surface area contributed by atoms with Gasteiger partial charge in [-0.05, 0) is 52.3 Å². The predicted octanol–water partition coefficient (Wildman–Crippen LogP) is 4.49. The molecule has 1 N–H and O–H groups in total. The average molecular weight is 333 g/mol. The lowest BCUT2D eigenvalue weighted by molar-refractivity contribution is 0.0990. The molecule has 124 valence electrons. The van der Waals surface area contributed by atoms with Gasteiger partial charge in [0, 0.05) is 34.1 Å². The van der Waals surface area contributed by atoms with E-state index >= 15 is 0 Å². The second-order valence-electron chi connectivity index (χ2n) is 6.91. The molecule has 0 unspecified atom stereocenters. The first-order valence-electron chi connectivity index (χ1n) is 7.88. The Bertz CT molecular complexity index is 711. The van der Waals surface area contributed by atoms with Crippen LogP contribution in [0.2, 0.25) is 5.02 Å². The van der Waals surface area contributed by atoms with Crippen molar-refractivity contribution in [1.82, 2.24) is 9.88 Å². The van der Waals surface area contributed by atoms with Gasteiger partial charge in [-0.2, -0.15) is 0 Å².